The molecule has 0 bridgehead atoms. The molecule has 2 rings (SSSR count). The summed E-state index contributed by atoms with van der Waals surface area (Å²) in [5.74, 6) is 1.89. The molecule has 1 saturated heterocycles. The van der Waals surface area contributed by atoms with Crippen LogP contribution in [0.4, 0.5) is 10.1 Å². The lowest BCUT2D eigenvalue weighted by molar-refractivity contribution is -0.00543. The fraction of sp³-hybridized carbons (Fsp3) is 0.400. The van der Waals surface area contributed by atoms with E-state index in [4.69, 9.17) is 11.2 Å². The van der Waals surface area contributed by atoms with E-state index in [1.165, 1.54) is 12.1 Å². The van der Waals surface area contributed by atoms with E-state index in [1.54, 1.807) is 0 Å². The van der Waals surface area contributed by atoms with Gasteiger partial charge in [0.25, 0.3) is 0 Å². The van der Waals surface area contributed by atoms with Gasteiger partial charge >= 0.3 is 0 Å². The Morgan fingerprint density at radius 3 is 2.58 bits per heavy atom. The van der Waals surface area contributed by atoms with Gasteiger partial charge in [-0.3, -0.25) is 4.79 Å². The Morgan fingerprint density at radius 1 is 1.42 bits per heavy atom. The molecule has 0 radical (unpaired) electrons. The topological polar surface area (TPSA) is 29.5 Å². The maximum absolute atomic E-state index is 14.2. The zero-order chi connectivity index (χ0) is 14.0. The van der Waals surface area contributed by atoms with E-state index in [1.807, 2.05) is 18.7 Å². The number of rotatable bonds is 2. The molecule has 2 unspecified atom stereocenters. The normalized spacial score (nSPS) is 22.9. The number of anilines is 1. The van der Waals surface area contributed by atoms with Crippen molar-refractivity contribution in [3.8, 4) is 12.3 Å². The van der Waals surface area contributed by atoms with Gasteiger partial charge in [-0.05, 0) is 26.0 Å². The van der Waals surface area contributed by atoms with Crippen LogP contribution in [-0.2, 0) is 4.74 Å². The van der Waals surface area contributed by atoms with E-state index >= 15 is 0 Å². The minimum atomic E-state index is -0.459. The second-order valence-electron chi connectivity index (χ2n) is 4.82. The molecule has 1 aromatic rings. The minimum absolute atomic E-state index is 0.00466. The molecule has 4 heteroatoms. The van der Waals surface area contributed by atoms with Crippen LogP contribution in [0.3, 0.4) is 0 Å². The fourth-order valence-electron chi connectivity index (χ4n) is 2.49. The summed E-state index contributed by atoms with van der Waals surface area (Å²) in [6, 6.07) is 2.82. The third kappa shape index (κ3) is 2.77. The molecule has 1 aromatic carbocycles. The molecule has 1 fully saturated rings. The molecule has 0 aromatic heterocycles. The molecular weight excluding hydrogens is 245 g/mol. The molecule has 0 aliphatic carbocycles. The summed E-state index contributed by atoms with van der Waals surface area (Å²) < 4.78 is 19.8. The highest BCUT2D eigenvalue weighted by molar-refractivity contribution is 5.85. The van der Waals surface area contributed by atoms with Crippen LogP contribution in [0.15, 0.2) is 12.1 Å². The zero-order valence-corrected chi connectivity index (χ0v) is 11.0. The van der Waals surface area contributed by atoms with Gasteiger partial charge in [-0.2, -0.15) is 0 Å². The van der Waals surface area contributed by atoms with Gasteiger partial charge in [0, 0.05) is 24.2 Å². The monoisotopic (exact) mass is 261 g/mol. The average molecular weight is 261 g/mol. The molecule has 0 N–H and O–H groups in total. The lowest BCUT2D eigenvalue weighted by atomic mass is 10.1. The minimum Gasteiger partial charge on any atom is -0.372 e. The third-order valence-electron chi connectivity index (χ3n) is 3.12. The molecule has 2 atom stereocenters. The molecule has 19 heavy (non-hydrogen) atoms. The smallest absolute Gasteiger partial charge is 0.152 e. The molecule has 0 saturated carbocycles. The molecule has 1 aliphatic heterocycles. The quantitative estimate of drug-likeness (QED) is 0.604. The fourth-order valence-corrected chi connectivity index (χ4v) is 2.49. The lowest BCUT2D eigenvalue weighted by Crippen LogP contribution is -2.46. The van der Waals surface area contributed by atoms with Crippen LogP contribution < -0.4 is 4.90 Å². The summed E-state index contributed by atoms with van der Waals surface area (Å²) in [5.41, 5.74) is 0.975. The molecule has 0 spiro atoms. The number of halogens is 1. The summed E-state index contributed by atoms with van der Waals surface area (Å²) in [6.45, 7) is 4.96. The maximum Gasteiger partial charge on any atom is 0.152 e. The molecular formula is C15H16FNO2. The largest absolute Gasteiger partial charge is 0.372 e. The van der Waals surface area contributed by atoms with Crippen LogP contribution in [0, 0.1) is 18.2 Å². The van der Waals surface area contributed by atoms with Crippen molar-refractivity contribution in [2.75, 3.05) is 18.0 Å². The van der Waals surface area contributed by atoms with Gasteiger partial charge in [0.15, 0.2) is 6.29 Å². The Balaban J connectivity index is 2.44. The Hall–Kier alpha value is -1.86. The highest BCUT2D eigenvalue weighted by atomic mass is 19.1. The van der Waals surface area contributed by atoms with Crippen molar-refractivity contribution in [3.05, 3.63) is 29.1 Å². The van der Waals surface area contributed by atoms with Crippen LogP contribution in [0.1, 0.15) is 29.8 Å². The number of terminal acetylenes is 1. The van der Waals surface area contributed by atoms with Gasteiger partial charge < -0.3 is 9.64 Å². The molecule has 0 amide bonds. The van der Waals surface area contributed by atoms with Crippen LogP contribution in [0.2, 0.25) is 0 Å². The van der Waals surface area contributed by atoms with Crippen molar-refractivity contribution in [1.82, 2.24) is 0 Å². The van der Waals surface area contributed by atoms with Gasteiger partial charge in [-0.25, -0.2) is 4.39 Å². The first-order valence-electron chi connectivity index (χ1n) is 6.21. The first-order chi connectivity index (χ1) is 9.05. The second-order valence-corrected chi connectivity index (χ2v) is 4.82. The van der Waals surface area contributed by atoms with Crippen molar-refractivity contribution in [1.29, 1.82) is 0 Å². The van der Waals surface area contributed by atoms with Gasteiger partial charge in [0.1, 0.15) is 5.82 Å². The Labute approximate surface area is 112 Å². The molecule has 3 nitrogen and oxygen atoms in total. The molecule has 1 aliphatic rings. The summed E-state index contributed by atoms with van der Waals surface area (Å²) in [7, 11) is 0. The van der Waals surface area contributed by atoms with E-state index in [0.717, 1.165) is 0 Å². The number of nitrogens with zero attached hydrogens (tertiary/aromatic N) is 1. The average Bonchev–Trinajstić information content (AvgIpc) is 2.36. The Bertz CT molecular complexity index is 526. The zero-order valence-electron chi connectivity index (χ0n) is 11.0. The molecule has 100 valence electrons. The van der Waals surface area contributed by atoms with Crippen molar-refractivity contribution in [2.24, 2.45) is 0 Å². The number of morpholine rings is 1. The summed E-state index contributed by atoms with van der Waals surface area (Å²) in [4.78, 5) is 13.0. The number of aldehydes is 1. The van der Waals surface area contributed by atoms with Gasteiger partial charge in [-0.15, -0.1) is 6.42 Å². The van der Waals surface area contributed by atoms with Crippen LogP contribution in [0.5, 0.6) is 0 Å². The number of hydrogen-bond donors (Lipinski definition) is 0. The van der Waals surface area contributed by atoms with Crippen LogP contribution in [-0.4, -0.2) is 31.6 Å². The highest BCUT2D eigenvalue weighted by Gasteiger charge is 2.26. The van der Waals surface area contributed by atoms with Crippen LogP contribution in [0.25, 0.3) is 0 Å². The van der Waals surface area contributed by atoms with E-state index < -0.39 is 5.82 Å². The van der Waals surface area contributed by atoms with E-state index in [-0.39, 0.29) is 17.8 Å². The maximum atomic E-state index is 14.2. The second kappa shape index (κ2) is 5.41. The first kappa shape index (κ1) is 13.6. The third-order valence-corrected chi connectivity index (χ3v) is 3.12. The predicted molar refractivity (Wildman–Crippen MR) is 71.9 cm³/mol. The van der Waals surface area contributed by atoms with Crippen molar-refractivity contribution < 1.29 is 13.9 Å². The van der Waals surface area contributed by atoms with Crippen molar-refractivity contribution in [3.63, 3.8) is 0 Å². The standard InChI is InChI=1S/C15H16FNO2/c1-4-12-5-13(9-18)15(14(16)6-12)17-7-10(2)19-11(3)8-17/h1,5-6,9-11H,7-8H2,2-3H3. The van der Waals surface area contributed by atoms with Crippen molar-refractivity contribution >= 4 is 12.0 Å². The number of benzene rings is 1. The Kier molecular flexibility index (Phi) is 3.87. The van der Waals surface area contributed by atoms with Gasteiger partial charge in [0.2, 0.25) is 0 Å². The SMILES string of the molecule is C#Cc1cc(F)c(N2CC(C)OC(C)C2)c(C=O)c1. The number of hydrogen-bond acceptors (Lipinski definition) is 3. The van der Waals surface area contributed by atoms with Crippen LogP contribution >= 0.6 is 0 Å². The van der Waals surface area contributed by atoms with Crippen molar-refractivity contribution in [2.45, 2.75) is 26.1 Å². The van der Waals surface area contributed by atoms with E-state index in [2.05, 4.69) is 5.92 Å². The highest BCUT2D eigenvalue weighted by Crippen LogP contribution is 2.28. The summed E-state index contributed by atoms with van der Waals surface area (Å²) >= 11 is 0. The Morgan fingerprint density at radius 2 is 2.05 bits per heavy atom. The number of ether oxygens (including phenoxy) is 1. The number of carbonyl (C=O) groups excluding carboxylic acids is 1. The number of carbonyl (C=O) groups is 1. The van der Waals surface area contributed by atoms with E-state index in [9.17, 15) is 9.18 Å². The summed E-state index contributed by atoms with van der Waals surface area (Å²) in [6.07, 6.45) is 5.88. The van der Waals surface area contributed by atoms with Gasteiger partial charge in [0.05, 0.1) is 17.9 Å². The first-order valence-corrected chi connectivity index (χ1v) is 6.21. The summed E-state index contributed by atoms with van der Waals surface area (Å²) in [5, 5.41) is 0. The van der Waals surface area contributed by atoms with Gasteiger partial charge in [-0.1, -0.05) is 5.92 Å². The lowest BCUT2D eigenvalue weighted by Gasteiger charge is -2.37. The predicted octanol–water partition coefficient (Wildman–Crippen LogP) is 2.23. The van der Waals surface area contributed by atoms with E-state index in [0.29, 0.717) is 30.6 Å². The molecule has 1 heterocycles.